The van der Waals surface area contributed by atoms with Crippen LogP contribution in [-0.2, 0) is 0 Å². The number of rotatable bonds is 2. The molecule has 0 heterocycles. The first-order valence-corrected chi connectivity index (χ1v) is 6.77. The molecule has 0 radical (unpaired) electrons. The monoisotopic (exact) mass is 394 g/mol. The fraction of sp³-hybridized carbons (Fsp3) is 0.0769. The topological polar surface area (TPSA) is 20.2 Å². The van der Waals surface area contributed by atoms with E-state index in [2.05, 4.69) is 31.9 Å². The van der Waals surface area contributed by atoms with Crippen molar-refractivity contribution < 1.29 is 18.3 Å². The highest BCUT2D eigenvalue weighted by molar-refractivity contribution is 9.10. The molecule has 1 N–H and O–H groups in total. The Morgan fingerprint density at radius 1 is 0.895 bits per heavy atom. The molecule has 6 heteroatoms. The van der Waals surface area contributed by atoms with Gasteiger partial charge in [0.2, 0.25) is 0 Å². The molecule has 0 aliphatic rings. The largest absolute Gasteiger partial charge is 0.383 e. The van der Waals surface area contributed by atoms with E-state index in [-0.39, 0.29) is 20.1 Å². The molecule has 19 heavy (non-hydrogen) atoms. The van der Waals surface area contributed by atoms with Crippen molar-refractivity contribution in [3.05, 3.63) is 67.9 Å². The van der Waals surface area contributed by atoms with Gasteiger partial charge in [-0.05, 0) is 40.2 Å². The van der Waals surface area contributed by atoms with Gasteiger partial charge in [-0.3, -0.25) is 0 Å². The van der Waals surface area contributed by atoms with E-state index in [9.17, 15) is 18.3 Å². The van der Waals surface area contributed by atoms with Crippen molar-refractivity contribution >= 4 is 31.9 Å². The van der Waals surface area contributed by atoms with Gasteiger partial charge in [0.05, 0.1) is 4.47 Å². The Bertz CT molecular complexity index is 611. The first-order valence-electron chi connectivity index (χ1n) is 5.18. The highest BCUT2D eigenvalue weighted by Gasteiger charge is 2.22. The lowest BCUT2D eigenvalue weighted by molar-refractivity contribution is 0.208. The van der Waals surface area contributed by atoms with Crippen LogP contribution in [0.25, 0.3) is 0 Å². The quantitative estimate of drug-likeness (QED) is 0.730. The molecule has 0 aliphatic heterocycles. The van der Waals surface area contributed by atoms with Crippen LogP contribution in [0.1, 0.15) is 17.2 Å². The Balaban J connectivity index is 2.56. The van der Waals surface area contributed by atoms with Crippen molar-refractivity contribution in [1.29, 1.82) is 0 Å². The molecule has 0 aliphatic carbocycles. The van der Waals surface area contributed by atoms with E-state index >= 15 is 0 Å². The highest BCUT2D eigenvalue weighted by atomic mass is 79.9. The van der Waals surface area contributed by atoms with Crippen molar-refractivity contribution in [2.75, 3.05) is 0 Å². The summed E-state index contributed by atoms with van der Waals surface area (Å²) in [5.41, 5.74) is -0.463. The minimum absolute atomic E-state index is 0.0615. The van der Waals surface area contributed by atoms with Crippen LogP contribution in [0, 0.1) is 17.5 Å². The average molecular weight is 396 g/mol. The lowest BCUT2D eigenvalue weighted by Gasteiger charge is -2.15. The summed E-state index contributed by atoms with van der Waals surface area (Å²) in [6, 6.07) is 5.81. The molecule has 0 spiro atoms. The third kappa shape index (κ3) is 2.85. The lowest BCUT2D eigenvalue weighted by atomic mass is 10.0. The zero-order chi connectivity index (χ0) is 14.2. The maximum absolute atomic E-state index is 13.7. The van der Waals surface area contributed by atoms with E-state index in [1.54, 1.807) is 0 Å². The summed E-state index contributed by atoms with van der Waals surface area (Å²) in [5.74, 6) is -2.26. The predicted molar refractivity (Wildman–Crippen MR) is 72.2 cm³/mol. The molecule has 1 nitrogen and oxygen atoms in total. The van der Waals surface area contributed by atoms with Crippen LogP contribution in [0.4, 0.5) is 13.2 Å². The molecule has 2 aromatic carbocycles. The van der Waals surface area contributed by atoms with Crippen LogP contribution >= 0.6 is 31.9 Å². The van der Waals surface area contributed by atoms with Crippen LogP contribution in [-0.4, -0.2) is 5.11 Å². The van der Waals surface area contributed by atoms with Crippen LogP contribution < -0.4 is 0 Å². The van der Waals surface area contributed by atoms with Crippen LogP contribution in [0.15, 0.2) is 39.3 Å². The molecule has 2 rings (SSSR count). The number of halogens is 5. The van der Waals surface area contributed by atoms with Gasteiger partial charge in [-0.2, -0.15) is 0 Å². The first kappa shape index (κ1) is 14.6. The maximum Gasteiger partial charge on any atom is 0.137 e. The van der Waals surface area contributed by atoms with Crippen LogP contribution in [0.3, 0.4) is 0 Å². The van der Waals surface area contributed by atoms with E-state index < -0.39 is 23.6 Å². The van der Waals surface area contributed by atoms with Gasteiger partial charge >= 0.3 is 0 Å². The summed E-state index contributed by atoms with van der Waals surface area (Å²) in [6.07, 6.45) is -1.60. The summed E-state index contributed by atoms with van der Waals surface area (Å²) in [4.78, 5) is 0. The normalized spacial score (nSPS) is 12.5. The van der Waals surface area contributed by atoms with Gasteiger partial charge in [0.15, 0.2) is 0 Å². The van der Waals surface area contributed by atoms with Gasteiger partial charge < -0.3 is 5.11 Å². The zero-order valence-electron chi connectivity index (χ0n) is 9.30. The number of hydrogen-bond donors (Lipinski definition) is 1. The molecule has 2 aromatic rings. The summed E-state index contributed by atoms with van der Waals surface area (Å²) < 4.78 is 41.0. The number of aliphatic hydroxyl groups is 1. The molecule has 0 fully saturated rings. The molecule has 0 saturated carbocycles. The van der Waals surface area contributed by atoms with Gasteiger partial charge in [0, 0.05) is 15.6 Å². The Kier molecular flexibility index (Phi) is 4.32. The Morgan fingerprint density at radius 2 is 1.58 bits per heavy atom. The zero-order valence-corrected chi connectivity index (χ0v) is 12.5. The van der Waals surface area contributed by atoms with Crippen molar-refractivity contribution in [3.63, 3.8) is 0 Å². The third-order valence-corrected chi connectivity index (χ3v) is 3.91. The standard InChI is InChI=1S/C13H7Br2F3O/c14-7-2-1-3-9(16)12(7)13(19)6-4-11(18)8(15)5-10(6)17/h1-5,13,19H. The summed E-state index contributed by atoms with van der Waals surface area (Å²) in [7, 11) is 0. The second kappa shape index (κ2) is 5.64. The molecule has 0 amide bonds. The fourth-order valence-corrected chi connectivity index (χ4v) is 2.55. The van der Waals surface area contributed by atoms with Gasteiger partial charge in [0.25, 0.3) is 0 Å². The van der Waals surface area contributed by atoms with Crippen LogP contribution in [0.5, 0.6) is 0 Å². The van der Waals surface area contributed by atoms with Crippen molar-refractivity contribution in [3.8, 4) is 0 Å². The van der Waals surface area contributed by atoms with E-state index in [0.717, 1.165) is 18.2 Å². The van der Waals surface area contributed by atoms with E-state index in [1.807, 2.05) is 0 Å². The van der Waals surface area contributed by atoms with E-state index in [1.165, 1.54) is 12.1 Å². The molecule has 0 saturated heterocycles. The van der Waals surface area contributed by atoms with Gasteiger partial charge in [-0.25, -0.2) is 13.2 Å². The SMILES string of the molecule is OC(c1cc(F)c(Br)cc1F)c1c(F)cccc1Br. The first-order chi connectivity index (χ1) is 8.91. The van der Waals surface area contributed by atoms with Gasteiger partial charge in [-0.15, -0.1) is 0 Å². The number of hydrogen-bond acceptors (Lipinski definition) is 1. The molecule has 0 bridgehead atoms. The average Bonchev–Trinajstić information content (AvgIpc) is 2.33. The fourth-order valence-electron chi connectivity index (χ4n) is 1.67. The predicted octanol–water partition coefficient (Wildman–Crippen LogP) is 4.71. The molecule has 1 atom stereocenters. The van der Waals surface area contributed by atoms with Crippen molar-refractivity contribution in [1.82, 2.24) is 0 Å². The van der Waals surface area contributed by atoms with Crippen molar-refractivity contribution in [2.24, 2.45) is 0 Å². The summed E-state index contributed by atoms with van der Waals surface area (Å²) in [5, 5.41) is 10.1. The molecule has 0 aromatic heterocycles. The van der Waals surface area contributed by atoms with E-state index in [4.69, 9.17) is 0 Å². The van der Waals surface area contributed by atoms with Gasteiger partial charge in [0.1, 0.15) is 23.6 Å². The lowest BCUT2D eigenvalue weighted by Crippen LogP contribution is -2.07. The second-order valence-electron chi connectivity index (χ2n) is 3.83. The maximum atomic E-state index is 13.7. The summed E-state index contributed by atoms with van der Waals surface area (Å²) >= 11 is 5.91. The Labute approximate surface area is 124 Å². The van der Waals surface area contributed by atoms with Gasteiger partial charge in [-0.1, -0.05) is 22.0 Å². The Morgan fingerprint density at radius 3 is 2.21 bits per heavy atom. The number of benzene rings is 2. The molecule has 100 valence electrons. The van der Waals surface area contributed by atoms with E-state index in [0.29, 0.717) is 0 Å². The highest BCUT2D eigenvalue weighted by Crippen LogP contribution is 2.33. The smallest absolute Gasteiger partial charge is 0.137 e. The third-order valence-electron chi connectivity index (χ3n) is 2.61. The molecular formula is C13H7Br2F3O. The number of aliphatic hydroxyl groups excluding tert-OH is 1. The van der Waals surface area contributed by atoms with Crippen molar-refractivity contribution in [2.45, 2.75) is 6.10 Å². The second-order valence-corrected chi connectivity index (χ2v) is 5.53. The summed E-state index contributed by atoms with van der Waals surface area (Å²) in [6.45, 7) is 0. The minimum Gasteiger partial charge on any atom is -0.383 e. The molecule has 1 unspecified atom stereocenters. The molecular weight excluding hydrogens is 389 g/mol. The van der Waals surface area contributed by atoms with Crippen LogP contribution in [0.2, 0.25) is 0 Å². The minimum atomic E-state index is -1.60. The Hall–Kier alpha value is -0.850.